The van der Waals surface area contributed by atoms with Crippen LogP contribution in [-0.2, 0) is 6.42 Å². The van der Waals surface area contributed by atoms with Crippen LogP contribution >= 0.6 is 0 Å². The fourth-order valence-electron chi connectivity index (χ4n) is 1.74. The molecule has 0 bridgehead atoms. The molecule has 1 heterocycles. The highest BCUT2D eigenvalue weighted by molar-refractivity contribution is 5.59. The molecule has 1 aromatic carbocycles. The number of aromatic nitrogens is 3. The monoisotopic (exact) mass is 244 g/mol. The van der Waals surface area contributed by atoms with E-state index < -0.39 is 0 Å². The second-order valence-electron chi connectivity index (χ2n) is 3.80. The van der Waals surface area contributed by atoms with Gasteiger partial charge in [-0.1, -0.05) is 6.92 Å². The topological polar surface area (TPSA) is 59.9 Å². The number of nitrogens with zero attached hydrogens (tertiary/aromatic N) is 3. The minimum absolute atomic E-state index is 0.610. The molecular formula is C13H16N4O. The molecule has 1 aromatic heterocycles. The van der Waals surface area contributed by atoms with Crippen molar-refractivity contribution >= 4 is 5.82 Å². The van der Waals surface area contributed by atoms with E-state index in [0.717, 1.165) is 23.3 Å². The molecule has 0 radical (unpaired) electrons. The molecule has 0 atom stereocenters. The van der Waals surface area contributed by atoms with Gasteiger partial charge in [0.05, 0.1) is 13.3 Å². The first-order valence-corrected chi connectivity index (χ1v) is 5.83. The lowest BCUT2D eigenvalue weighted by molar-refractivity contribution is 0.410. The first-order valence-electron chi connectivity index (χ1n) is 5.83. The van der Waals surface area contributed by atoms with Gasteiger partial charge in [0.15, 0.2) is 5.82 Å². The molecule has 0 aliphatic rings. The first-order chi connectivity index (χ1) is 8.78. The number of rotatable bonds is 4. The first kappa shape index (κ1) is 12.3. The highest BCUT2D eigenvalue weighted by Crippen LogP contribution is 2.25. The summed E-state index contributed by atoms with van der Waals surface area (Å²) in [5.74, 6) is 2.20. The van der Waals surface area contributed by atoms with Crippen molar-refractivity contribution in [1.29, 1.82) is 0 Å². The zero-order valence-electron chi connectivity index (χ0n) is 10.8. The van der Waals surface area contributed by atoms with Gasteiger partial charge in [0, 0.05) is 12.6 Å². The van der Waals surface area contributed by atoms with E-state index in [-0.39, 0.29) is 0 Å². The van der Waals surface area contributed by atoms with E-state index >= 15 is 0 Å². The molecule has 0 saturated carbocycles. The molecule has 0 amide bonds. The summed E-state index contributed by atoms with van der Waals surface area (Å²) in [5.41, 5.74) is 2.07. The predicted molar refractivity (Wildman–Crippen MR) is 70.7 cm³/mol. The van der Waals surface area contributed by atoms with Crippen LogP contribution in [0.5, 0.6) is 5.75 Å². The Hall–Kier alpha value is -2.17. The average molecular weight is 244 g/mol. The maximum absolute atomic E-state index is 5.30. The van der Waals surface area contributed by atoms with Gasteiger partial charge in [-0.25, -0.2) is 4.98 Å². The van der Waals surface area contributed by atoms with E-state index in [1.54, 1.807) is 20.4 Å². The molecule has 2 aromatic rings. The average Bonchev–Trinajstić information content (AvgIpc) is 2.46. The molecular weight excluding hydrogens is 228 g/mol. The van der Waals surface area contributed by atoms with Gasteiger partial charge in [-0.3, -0.25) is 0 Å². The summed E-state index contributed by atoms with van der Waals surface area (Å²) in [4.78, 5) is 4.37. The molecule has 2 rings (SSSR count). The summed E-state index contributed by atoms with van der Waals surface area (Å²) in [6.07, 6.45) is 2.49. The molecule has 5 heteroatoms. The van der Waals surface area contributed by atoms with Gasteiger partial charge in [0.1, 0.15) is 11.6 Å². The Morgan fingerprint density at radius 2 is 2.17 bits per heavy atom. The molecule has 0 unspecified atom stereocenters. The van der Waals surface area contributed by atoms with Crippen LogP contribution in [0.4, 0.5) is 5.82 Å². The van der Waals surface area contributed by atoms with Crippen molar-refractivity contribution in [2.24, 2.45) is 0 Å². The number of hydrogen-bond acceptors (Lipinski definition) is 5. The van der Waals surface area contributed by atoms with Gasteiger partial charge in [-0.2, -0.15) is 5.10 Å². The number of ether oxygens (including phenoxy) is 1. The summed E-state index contributed by atoms with van der Waals surface area (Å²) in [6, 6.07) is 5.91. The van der Waals surface area contributed by atoms with Crippen molar-refractivity contribution in [3.63, 3.8) is 0 Å². The van der Waals surface area contributed by atoms with Crippen LogP contribution in [0.25, 0.3) is 11.4 Å². The van der Waals surface area contributed by atoms with Crippen LogP contribution in [0, 0.1) is 0 Å². The quantitative estimate of drug-likeness (QED) is 0.893. The third-order valence-corrected chi connectivity index (χ3v) is 2.73. The third kappa shape index (κ3) is 2.40. The lowest BCUT2D eigenvalue weighted by Gasteiger charge is -2.08. The molecule has 1 N–H and O–H groups in total. The van der Waals surface area contributed by atoms with E-state index in [9.17, 15) is 0 Å². The van der Waals surface area contributed by atoms with Crippen LogP contribution in [0.15, 0.2) is 24.4 Å². The highest BCUT2D eigenvalue weighted by Gasteiger charge is 2.07. The van der Waals surface area contributed by atoms with E-state index in [0.29, 0.717) is 11.6 Å². The van der Waals surface area contributed by atoms with Gasteiger partial charge in [-0.15, -0.1) is 5.10 Å². The van der Waals surface area contributed by atoms with Gasteiger partial charge in [0.2, 0.25) is 0 Å². The second kappa shape index (κ2) is 5.44. The lowest BCUT2D eigenvalue weighted by atomic mass is 10.1. The van der Waals surface area contributed by atoms with E-state index in [1.807, 2.05) is 18.2 Å². The Balaban J connectivity index is 2.43. The molecule has 18 heavy (non-hydrogen) atoms. The van der Waals surface area contributed by atoms with Crippen molar-refractivity contribution in [1.82, 2.24) is 15.2 Å². The maximum Gasteiger partial charge on any atom is 0.183 e. The molecule has 5 nitrogen and oxygen atoms in total. The standard InChI is InChI=1S/C13H16N4O/c1-4-9-7-10(5-6-11(9)18-3)13-16-12(14-2)8-15-17-13/h5-8H,4H2,1-3H3,(H,14,16,17). The number of benzene rings is 1. The van der Waals surface area contributed by atoms with Gasteiger partial charge >= 0.3 is 0 Å². The third-order valence-electron chi connectivity index (χ3n) is 2.73. The molecule has 0 aliphatic heterocycles. The Bertz CT molecular complexity index is 542. The second-order valence-corrected chi connectivity index (χ2v) is 3.80. The number of nitrogens with one attached hydrogen (secondary N) is 1. The highest BCUT2D eigenvalue weighted by atomic mass is 16.5. The minimum Gasteiger partial charge on any atom is -0.496 e. The van der Waals surface area contributed by atoms with Crippen LogP contribution in [-0.4, -0.2) is 29.3 Å². The SMILES string of the molecule is CCc1cc(-c2nncc(NC)n2)ccc1OC. The summed E-state index contributed by atoms with van der Waals surface area (Å²) in [5, 5.41) is 10.9. The number of hydrogen-bond donors (Lipinski definition) is 1. The Morgan fingerprint density at radius 3 is 2.83 bits per heavy atom. The Morgan fingerprint density at radius 1 is 1.33 bits per heavy atom. The molecule has 0 saturated heterocycles. The fourth-order valence-corrected chi connectivity index (χ4v) is 1.74. The zero-order chi connectivity index (χ0) is 13.0. The molecule has 0 aliphatic carbocycles. The van der Waals surface area contributed by atoms with Crippen molar-refractivity contribution in [2.75, 3.05) is 19.5 Å². The lowest BCUT2D eigenvalue weighted by Crippen LogP contribution is -1.99. The molecule has 0 fully saturated rings. The van der Waals surface area contributed by atoms with E-state index in [2.05, 4.69) is 27.4 Å². The largest absolute Gasteiger partial charge is 0.496 e. The van der Waals surface area contributed by atoms with Crippen LogP contribution in [0.3, 0.4) is 0 Å². The van der Waals surface area contributed by atoms with Crippen molar-refractivity contribution in [3.05, 3.63) is 30.0 Å². The van der Waals surface area contributed by atoms with Crippen molar-refractivity contribution in [2.45, 2.75) is 13.3 Å². The maximum atomic E-state index is 5.30. The molecule has 0 spiro atoms. The van der Waals surface area contributed by atoms with Gasteiger partial charge < -0.3 is 10.1 Å². The van der Waals surface area contributed by atoms with E-state index in [1.165, 1.54) is 0 Å². The number of anilines is 1. The van der Waals surface area contributed by atoms with Crippen LogP contribution in [0.2, 0.25) is 0 Å². The summed E-state index contributed by atoms with van der Waals surface area (Å²) in [7, 11) is 3.48. The normalized spacial score (nSPS) is 10.2. The molecule has 94 valence electrons. The number of methoxy groups -OCH3 is 1. The predicted octanol–water partition coefficient (Wildman–Crippen LogP) is 2.15. The van der Waals surface area contributed by atoms with Crippen molar-refractivity contribution < 1.29 is 4.74 Å². The smallest absolute Gasteiger partial charge is 0.183 e. The van der Waals surface area contributed by atoms with Crippen molar-refractivity contribution in [3.8, 4) is 17.1 Å². The van der Waals surface area contributed by atoms with Gasteiger partial charge in [-0.05, 0) is 30.2 Å². The fraction of sp³-hybridized carbons (Fsp3) is 0.308. The number of aryl methyl sites for hydroxylation is 1. The van der Waals surface area contributed by atoms with Crippen LogP contribution in [0.1, 0.15) is 12.5 Å². The van der Waals surface area contributed by atoms with E-state index in [4.69, 9.17) is 4.74 Å². The van der Waals surface area contributed by atoms with Gasteiger partial charge in [0.25, 0.3) is 0 Å². The Kier molecular flexibility index (Phi) is 3.72. The summed E-state index contributed by atoms with van der Waals surface area (Å²) in [6.45, 7) is 2.09. The summed E-state index contributed by atoms with van der Waals surface area (Å²) >= 11 is 0. The Labute approximate surface area is 106 Å². The summed E-state index contributed by atoms with van der Waals surface area (Å²) < 4.78 is 5.30. The zero-order valence-corrected chi connectivity index (χ0v) is 10.8. The minimum atomic E-state index is 0.610. The van der Waals surface area contributed by atoms with Crippen LogP contribution < -0.4 is 10.1 Å².